The molecule has 2 heteroatoms. The second-order valence-corrected chi connectivity index (χ2v) is 2.96. The molecule has 1 aromatic rings. The number of aryl methyl sites for hydroxylation is 1. The first-order valence-electron chi connectivity index (χ1n) is 3.71. The Balaban J connectivity index is 3.19. The van der Waals surface area contributed by atoms with Gasteiger partial charge in [-0.15, -0.1) is 0 Å². The fraction of sp³-hybridized carbons (Fsp3) is 0.444. The topological polar surface area (TPSA) is 30.2 Å². The van der Waals surface area contributed by atoms with E-state index < -0.39 is 0 Å². The van der Waals surface area contributed by atoms with Crippen LogP contribution in [0.2, 0.25) is 0 Å². The lowest BCUT2D eigenvalue weighted by Crippen LogP contribution is -2.01. The summed E-state index contributed by atoms with van der Waals surface area (Å²) in [7, 11) is 0. The summed E-state index contributed by atoms with van der Waals surface area (Å²) >= 11 is 0. The van der Waals surface area contributed by atoms with Crippen LogP contribution in [0.15, 0.2) is 21.3 Å². The van der Waals surface area contributed by atoms with E-state index in [1.54, 1.807) is 6.92 Å². The van der Waals surface area contributed by atoms with E-state index in [-0.39, 0.29) is 11.3 Å². The predicted molar refractivity (Wildman–Crippen MR) is 43.8 cm³/mol. The Morgan fingerprint density at radius 3 is 2.45 bits per heavy atom. The van der Waals surface area contributed by atoms with Gasteiger partial charge in [0.15, 0.2) is 5.43 Å². The molecule has 0 unspecified atom stereocenters. The Hall–Kier alpha value is -1.05. The molecule has 0 aliphatic rings. The molecule has 0 aliphatic heterocycles. The molecule has 0 saturated heterocycles. The molecule has 0 saturated carbocycles. The average molecular weight is 152 g/mol. The molecule has 0 aromatic carbocycles. The summed E-state index contributed by atoms with van der Waals surface area (Å²) in [5.41, 5.74) is 0.0254. The number of hydrogen-bond acceptors (Lipinski definition) is 2. The largest absolute Gasteiger partial charge is 0.466 e. The van der Waals surface area contributed by atoms with Crippen LogP contribution in [0.5, 0.6) is 0 Å². The summed E-state index contributed by atoms with van der Waals surface area (Å²) in [6.45, 7) is 5.78. The molecule has 11 heavy (non-hydrogen) atoms. The van der Waals surface area contributed by atoms with E-state index >= 15 is 0 Å². The first-order valence-corrected chi connectivity index (χ1v) is 3.71. The van der Waals surface area contributed by atoms with Crippen LogP contribution in [0, 0.1) is 6.92 Å². The fourth-order valence-electron chi connectivity index (χ4n) is 0.912. The van der Waals surface area contributed by atoms with Crippen molar-refractivity contribution in [2.75, 3.05) is 0 Å². The molecule has 0 spiro atoms. The van der Waals surface area contributed by atoms with Crippen molar-refractivity contribution in [3.05, 3.63) is 33.9 Å². The molecule has 0 atom stereocenters. The number of rotatable bonds is 1. The Morgan fingerprint density at radius 1 is 1.36 bits per heavy atom. The van der Waals surface area contributed by atoms with Gasteiger partial charge in [-0.25, -0.2) is 0 Å². The van der Waals surface area contributed by atoms with E-state index in [2.05, 4.69) is 0 Å². The smallest absolute Gasteiger partial charge is 0.185 e. The molecule has 0 fully saturated rings. The van der Waals surface area contributed by atoms with Crippen molar-refractivity contribution in [1.29, 1.82) is 0 Å². The van der Waals surface area contributed by atoms with Crippen LogP contribution in [-0.4, -0.2) is 0 Å². The van der Waals surface area contributed by atoms with Gasteiger partial charge in [-0.1, -0.05) is 13.8 Å². The molecule has 0 N–H and O–H groups in total. The normalized spacial score (nSPS) is 10.5. The van der Waals surface area contributed by atoms with E-state index in [4.69, 9.17) is 4.42 Å². The van der Waals surface area contributed by atoms with E-state index in [9.17, 15) is 4.79 Å². The predicted octanol–water partition coefficient (Wildman–Crippen LogP) is 2.07. The van der Waals surface area contributed by atoms with Crippen LogP contribution in [0.25, 0.3) is 0 Å². The van der Waals surface area contributed by atoms with Gasteiger partial charge >= 0.3 is 0 Å². The van der Waals surface area contributed by atoms with Crippen LogP contribution in [-0.2, 0) is 0 Å². The molecule has 1 rings (SSSR count). The van der Waals surface area contributed by atoms with Gasteiger partial charge in [0, 0.05) is 18.1 Å². The SMILES string of the molecule is Cc1cc(=O)cc(C(C)C)o1. The molecular formula is C9H12O2. The van der Waals surface area contributed by atoms with Crippen molar-refractivity contribution in [3.63, 3.8) is 0 Å². The zero-order valence-electron chi connectivity index (χ0n) is 7.05. The molecule has 1 aromatic heterocycles. The minimum absolute atomic E-state index is 0.0254. The first-order chi connectivity index (χ1) is 5.09. The quantitative estimate of drug-likeness (QED) is 0.616. The first kappa shape index (κ1) is 8.05. The Morgan fingerprint density at radius 2 is 2.00 bits per heavy atom. The maximum atomic E-state index is 11.0. The highest BCUT2D eigenvalue weighted by Gasteiger charge is 2.02. The van der Waals surface area contributed by atoms with Gasteiger partial charge in [0.1, 0.15) is 11.5 Å². The maximum Gasteiger partial charge on any atom is 0.185 e. The lowest BCUT2D eigenvalue weighted by Gasteiger charge is -2.03. The zero-order chi connectivity index (χ0) is 8.43. The molecular weight excluding hydrogens is 140 g/mol. The monoisotopic (exact) mass is 152 g/mol. The van der Waals surface area contributed by atoms with Gasteiger partial charge in [-0.05, 0) is 6.92 Å². The van der Waals surface area contributed by atoms with E-state index in [0.717, 1.165) is 5.76 Å². The molecule has 0 amide bonds. The fourth-order valence-corrected chi connectivity index (χ4v) is 0.912. The Labute approximate surface area is 65.9 Å². The molecule has 60 valence electrons. The van der Waals surface area contributed by atoms with Crippen molar-refractivity contribution in [1.82, 2.24) is 0 Å². The van der Waals surface area contributed by atoms with Gasteiger partial charge in [-0.2, -0.15) is 0 Å². The van der Waals surface area contributed by atoms with Gasteiger partial charge in [-0.3, -0.25) is 4.79 Å². The molecule has 0 aliphatic carbocycles. The zero-order valence-corrected chi connectivity index (χ0v) is 7.05. The second kappa shape index (κ2) is 2.91. The Bertz CT molecular complexity index is 297. The van der Waals surface area contributed by atoms with Crippen molar-refractivity contribution in [2.24, 2.45) is 0 Å². The summed E-state index contributed by atoms with van der Waals surface area (Å²) in [6, 6.07) is 3.03. The third-order valence-electron chi connectivity index (χ3n) is 1.48. The van der Waals surface area contributed by atoms with Crippen LogP contribution in [0.3, 0.4) is 0 Å². The molecule has 0 radical (unpaired) electrons. The lowest BCUT2D eigenvalue weighted by atomic mass is 10.1. The van der Waals surface area contributed by atoms with Crippen molar-refractivity contribution < 1.29 is 4.42 Å². The highest BCUT2D eigenvalue weighted by Crippen LogP contribution is 2.12. The summed E-state index contributed by atoms with van der Waals surface area (Å²) < 4.78 is 5.32. The van der Waals surface area contributed by atoms with Crippen molar-refractivity contribution in [2.45, 2.75) is 26.7 Å². The van der Waals surface area contributed by atoms with Crippen LogP contribution in [0.1, 0.15) is 31.3 Å². The van der Waals surface area contributed by atoms with E-state index in [1.165, 1.54) is 12.1 Å². The van der Waals surface area contributed by atoms with E-state index in [0.29, 0.717) is 5.76 Å². The summed E-state index contributed by atoms with van der Waals surface area (Å²) in [6.07, 6.45) is 0. The highest BCUT2D eigenvalue weighted by atomic mass is 16.3. The minimum atomic E-state index is 0.0254. The maximum absolute atomic E-state index is 11.0. The van der Waals surface area contributed by atoms with Gasteiger partial charge in [0.2, 0.25) is 0 Å². The average Bonchev–Trinajstić information content (AvgIpc) is 1.85. The van der Waals surface area contributed by atoms with Crippen LogP contribution < -0.4 is 5.43 Å². The minimum Gasteiger partial charge on any atom is -0.466 e. The van der Waals surface area contributed by atoms with Crippen LogP contribution >= 0.6 is 0 Å². The van der Waals surface area contributed by atoms with Crippen molar-refractivity contribution >= 4 is 0 Å². The summed E-state index contributed by atoms with van der Waals surface area (Å²) in [5.74, 6) is 1.72. The third-order valence-corrected chi connectivity index (χ3v) is 1.48. The lowest BCUT2D eigenvalue weighted by molar-refractivity contribution is 0.444. The van der Waals surface area contributed by atoms with E-state index in [1.807, 2.05) is 13.8 Å². The van der Waals surface area contributed by atoms with Gasteiger partial charge in [0.25, 0.3) is 0 Å². The molecule has 2 nitrogen and oxygen atoms in total. The standard InChI is InChI=1S/C9H12O2/c1-6(2)9-5-8(10)4-7(3)11-9/h4-6H,1-3H3. The highest BCUT2D eigenvalue weighted by molar-refractivity contribution is 5.07. The summed E-state index contributed by atoms with van der Waals surface area (Å²) in [4.78, 5) is 11.0. The van der Waals surface area contributed by atoms with Gasteiger partial charge in [0.05, 0.1) is 0 Å². The molecule has 0 bridgehead atoms. The van der Waals surface area contributed by atoms with Crippen molar-refractivity contribution in [3.8, 4) is 0 Å². The van der Waals surface area contributed by atoms with Crippen LogP contribution in [0.4, 0.5) is 0 Å². The Kier molecular flexibility index (Phi) is 2.13. The summed E-state index contributed by atoms with van der Waals surface area (Å²) in [5, 5.41) is 0. The number of hydrogen-bond donors (Lipinski definition) is 0. The van der Waals surface area contributed by atoms with Gasteiger partial charge < -0.3 is 4.42 Å². The third kappa shape index (κ3) is 1.93. The second-order valence-electron chi connectivity index (χ2n) is 2.96. The molecule has 1 heterocycles.